The van der Waals surface area contributed by atoms with Crippen LogP contribution in [-0.2, 0) is 12.6 Å². The average Bonchev–Trinajstić information content (AvgIpc) is 2.69. The molecule has 2 aromatic carbocycles. The van der Waals surface area contributed by atoms with Crippen LogP contribution in [0.15, 0.2) is 59.4 Å². The van der Waals surface area contributed by atoms with Gasteiger partial charge in [-0.2, -0.15) is 18.3 Å². The average molecular weight is 419 g/mol. The van der Waals surface area contributed by atoms with E-state index >= 15 is 0 Å². The number of hydrogen-bond donors (Lipinski definition) is 1. The Hall–Kier alpha value is -3.49. The second kappa shape index (κ2) is 8.48. The first kappa shape index (κ1) is 21.2. The molecule has 0 saturated heterocycles. The van der Waals surface area contributed by atoms with Gasteiger partial charge in [-0.25, -0.2) is 9.07 Å². The molecule has 156 valence electrons. The van der Waals surface area contributed by atoms with E-state index in [4.69, 9.17) is 0 Å². The number of rotatable bonds is 5. The van der Waals surface area contributed by atoms with Gasteiger partial charge in [-0.1, -0.05) is 24.3 Å². The fraction of sp³-hybridized carbons (Fsp3) is 0.190. The Morgan fingerprint density at radius 3 is 2.53 bits per heavy atom. The molecule has 9 heteroatoms. The van der Waals surface area contributed by atoms with E-state index in [1.165, 1.54) is 25.1 Å². The Morgan fingerprint density at radius 2 is 1.83 bits per heavy atom. The molecule has 0 aliphatic heterocycles. The van der Waals surface area contributed by atoms with E-state index in [9.17, 15) is 27.2 Å². The molecule has 0 saturated carbocycles. The molecule has 0 aliphatic rings. The standard InChI is InChI=1S/C21H17F4N3O2/c1-13-11-18(29)19(20(30)26-10-9-14-5-2-3-8-17(14)22)27-28(13)16-7-4-6-15(12-16)21(23,24)25/h2-8,11-12H,9-10H2,1H3,(H,26,30). The van der Waals surface area contributed by atoms with Gasteiger partial charge in [0, 0.05) is 18.3 Å². The summed E-state index contributed by atoms with van der Waals surface area (Å²) in [4.78, 5) is 24.6. The first-order valence-corrected chi connectivity index (χ1v) is 8.97. The topological polar surface area (TPSA) is 64.0 Å². The van der Waals surface area contributed by atoms with Gasteiger partial charge in [-0.05, 0) is 43.2 Å². The van der Waals surface area contributed by atoms with Crippen LogP contribution in [0.2, 0.25) is 0 Å². The zero-order valence-corrected chi connectivity index (χ0v) is 15.8. The Labute approximate surface area is 169 Å². The number of aromatic nitrogens is 2. The molecule has 0 spiro atoms. The summed E-state index contributed by atoms with van der Waals surface area (Å²) >= 11 is 0. The molecule has 1 N–H and O–H groups in total. The van der Waals surface area contributed by atoms with Gasteiger partial charge in [0.15, 0.2) is 5.69 Å². The molecule has 0 aliphatic carbocycles. The predicted molar refractivity (Wildman–Crippen MR) is 102 cm³/mol. The van der Waals surface area contributed by atoms with Crippen LogP contribution in [0.25, 0.3) is 5.69 Å². The lowest BCUT2D eigenvalue weighted by Crippen LogP contribution is -2.33. The Morgan fingerprint density at radius 1 is 1.10 bits per heavy atom. The molecule has 0 radical (unpaired) electrons. The number of carbonyl (C=O) groups excluding carboxylic acids is 1. The number of aryl methyl sites for hydroxylation is 1. The largest absolute Gasteiger partial charge is 0.416 e. The van der Waals surface area contributed by atoms with E-state index < -0.39 is 34.6 Å². The maximum absolute atomic E-state index is 13.6. The zero-order chi connectivity index (χ0) is 21.9. The molecule has 1 amide bonds. The van der Waals surface area contributed by atoms with Crippen molar-refractivity contribution < 1.29 is 22.4 Å². The maximum atomic E-state index is 13.6. The third kappa shape index (κ3) is 4.73. The van der Waals surface area contributed by atoms with Crippen LogP contribution in [0.1, 0.15) is 27.3 Å². The quantitative estimate of drug-likeness (QED) is 0.642. The molecule has 1 aromatic heterocycles. The van der Waals surface area contributed by atoms with Crippen LogP contribution in [0.4, 0.5) is 17.6 Å². The molecule has 3 aromatic rings. The van der Waals surface area contributed by atoms with E-state index in [0.717, 1.165) is 22.9 Å². The van der Waals surface area contributed by atoms with Crippen molar-refractivity contribution in [3.05, 3.63) is 93.2 Å². The zero-order valence-electron chi connectivity index (χ0n) is 15.8. The van der Waals surface area contributed by atoms with Crippen molar-refractivity contribution in [2.45, 2.75) is 19.5 Å². The second-order valence-corrected chi connectivity index (χ2v) is 6.56. The summed E-state index contributed by atoms with van der Waals surface area (Å²) in [5.74, 6) is -1.20. The molecule has 0 fully saturated rings. The lowest BCUT2D eigenvalue weighted by molar-refractivity contribution is -0.137. The number of hydrogen-bond acceptors (Lipinski definition) is 3. The monoisotopic (exact) mass is 419 g/mol. The smallest absolute Gasteiger partial charge is 0.350 e. The van der Waals surface area contributed by atoms with Crippen molar-refractivity contribution in [1.29, 1.82) is 0 Å². The Balaban J connectivity index is 1.84. The highest BCUT2D eigenvalue weighted by atomic mass is 19.4. The fourth-order valence-electron chi connectivity index (χ4n) is 2.88. The molecular weight excluding hydrogens is 402 g/mol. The second-order valence-electron chi connectivity index (χ2n) is 6.56. The van der Waals surface area contributed by atoms with Crippen molar-refractivity contribution in [2.75, 3.05) is 6.54 Å². The third-order valence-corrected chi connectivity index (χ3v) is 4.38. The number of amides is 1. The molecule has 30 heavy (non-hydrogen) atoms. The highest BCUT2D eigenvalue weighted by molar-refractivity contribution is 5.92. The summed E-state index contributed by atoms with van der Waals surface area (Å²) in [5.41, 5.74) is -1.29. The predicted octanol–water partition coefficient (Wildman–Crippen LogP) is 3.67. The molecule has 3 rings (SSSR count). The Bertz CT molecular complexity index is 1140. The molecule has 5 nitrogen and oxygen atoms in total. The SMILES string of the molecule is Cc1cc(=O)c(C(=O)NCCc2ccccc2F)nn1-c1cccc(C(F)(F)F)c1. The highest BCUT2D eigenvalue weighted by Crippen LogP contribution is 2.30. The minimum atomic E-state index is -4.55. The summed E-state index contributed by atoms with van der Waals surface area (Å²) in [6.07, 6.45) is -4.35. The van der Waals surface area contributed by atoms with Crippen LogP contribution in [0.5, 0.6) is 0 Å². The molecule has 1 heterocycles. The van der Waals surface area contributed by atoms with Gasteiger partial charge in [0.1, 0.15) is 5.82 Å². The number of halogens is 4. The number of carbonyl (C=O) groups is 1. The van der Waals surface area contributed by atoms with Crippen molar-refractivity contribution in [1.82, 2.24) is 15.1 Å². The van der Waals surface area contributed by atoms with Crippen LogP contribution in [0.3, 0.4) is 0 Å². The fourth-order valence-corrected chi connectivity index (χ4v) is 2.88. The van der Waals surface area contributed by atoms with E-state index in [1.807, 2.05) is 0 Å². The summed E-state index contributed by atoms with van der Waals surface area (Å²) < 4.78 is 53.7. The van der Waals surface area contributed by atoms with Crippen LogP contribution in [0, 0.1) is 12.7 Å². The third-order valence-electron chi connectivity index (χ3n) is 4.38. The number of nitrogens with zero attached hydrogens (tertiary/aromatic N) is 2. The summed E-state index contributed by atoms with van der Waals surface area (Å²) in [6, 6.07) is 11.6. The van der Waals surface area contributed by atoms with E-state index in [2.05, 4.69) is 10.4 Å². The highest BCUT2D eigenvalue weighted by Gasteiger charge is 2.30. The Kier molecular flexibility index (Phi) is 6.00. The normalized spacial score (nSPS) is 11.4. The lowest BCUT2D eigenvalue weighted by atomic mass is 10.1. The minimum absolute atomic E-state index is 0.0539. The first-order chi connectivity index (χ1) is 14.2. The lowest BCUT2D eigenvalue weighted by Gasteiger charge is -2.13. The maximum Gasteiger partial charge on any atom is 0.416 e. The number of alkyl halides is 3. The van der Waals surface area contributed by atoms with E-state index in [1.54, 1.807) is 18.2 Å². The van der Waals surface area contributed by atoms with Crippen molar-refractivity contribution >= 4 is 5.91 Å². The van der Waals surface area contributed by atoms with Crippen molar-refractivity contribution in [2.24, 2.45) is 0 Å². The van der Waals surface area contributed by atoms with Crippen LogP contribution < -0.4 is 10.7 Å². The van der Waals surface area contributed by atoms with Gasteiger partial charge in [-0.15, -0.1) is 0 Å². The van der Waals surface area contributed by atoms with Gasteiger partial charge in [0.2, 0.25) is 5.43 Å². The summed E-state index contributed by atoms with van der Waals surface area (Å²) in [6.45, 7) is 1.55. The summed E-state index contributed by atoms with van der Waals surface area (Å²) in [5, 5.41) is 6.45. The first-order valence-electron chi connectivity index (χ1n) is 8.97. The molecular formula is C21H17F4N3O2. The molecule has 0 atom stereocenters. The summed E-state index contributed by atoms with van der Waals surface area (Å²) in [7, 11) is 0. The van der Waals surface area contributed by atoms with Crippen molar-refractivity contribution in [3.63, 3.8) is 0 Å². The van der Waals surface area contributed by atoms with Gasteiger partial charge >= 0.3 is 6.18 Å². The van der Waals surface area contributed by atoms with Gasteiger partial charge in [0.25, 0.3) is 5.91 Å². The molecule has 0 bridgehead atoms. The van der Waals surface area contributed by atoms with Crippen LogP contribution >= 0.6 is 0 Å². The van der Waals surface area contributed by atoms with Gasteiger partial charge in [-0.3, -0.25) is 9.59 Å². The van der Waals surface area contributed by atoms with E-state index in [-0.39, 0.29) is 24.3 Å². The van der Waals surface area contributed by atoms with Gasteiger partial charge in [0.05, 0.1) is 11.3 Å². The molecule has 0 unspecified atom stereocenters. The van der Waals surface area contributed by atoms with Crippen molar-refractivity contribution in [3.8, 4) is 5.69 Å². The van der Waals surface area contributed by atoms with Crippen LogP contribution in [-0.4, -0.2) is 22.2 Å². The number of nitrogens with one attached hydrogen (secondary N) is 1. The van der Waals surface area contributed by atoms with Gasteiger partial charge < -0.3 is 5.32 Å². The minimum Gasteiger partial charge on any atom is -0.350 e. The number of benzene rings is 2. The van der Waals surface area contributed by atoms with E-state index in [0.29, 0.717) is 5.56 Å².